The van der Waals surface area contributed by atoms with Gasteiger partial charge in [0, 0.05) is 13.1 Å². The van der Waals surface area contributed by atoms with Gasteiger partial charge >= 0.3 is 0 Å². The predicted octanol–water partition coefficient (Wildman–Crippen LogP) is 2.61. The molecule has 0 bridgehead atoms. The predicted molar refractivity (Wildman–Crippen MR) is 91.3 cm³/mol. The molecule has 0 aromatic heterocycles. The molecule has 0 unspecified atom stereocenters. The van der Waals surface area contributed by atoms with Crippen LogP contribution in [0.15, 0.2) is 29.2 Å². The monoisotopic (exact) mass is 341 g/mol. The first-order chi connectivity index (χ1) is 10.7. The number of carbonyl (C=O) groups excluding carboxylic acids is 1. The van der Waals surface area contributed by atoms with E-state index in [0.717, 1.165) is 0 Å². The molecule has 0 saturated carbocycles. The fourth-order valence-electron chi connectivity index (χ4n) is 2.28. The van der Waals surface area contributed by atoms with Gasteiger partial charge in [-0.15, -0.1) is 0 Å². The van der Waals surface area contributed by atoms with Crippen molar-refractivity contribution in [2.75, 3.05) is 26.0 Å². The number of carbonyl (C=O) groups is 1. The lowest BCUT2D eigenvalue weighted by molar-refractivity contribution is -0.129. The number of ether oxygens (including phenoxy) is 1. The van der Waals surface area contributed by atoms with Gasteiger partial charge in [-0.1, -0.05) is 27.7 Å². The zero-order chi connectivity index (χ0) is 17.6. The molecule has 6 heteroatoms. The number of amides is 1. The number of hydrogen-bond acceptors (Lipinski definition) is 4. The molecule has 0 heterocycles. The maximum atomic E-state index is 12.4. The van der Waals surface area contributed by atoms with Crippen molar-refractivity contribution in [3.05, 3.63) is 24.3 Å². The SMILES string of the molecule is COc1ccc(S(=O)(=O)CC(=O)N(CC(C)C)CC(C)C)cc1. The Kier molecular flexibility index (Phi) is 7.06. The Balaban J connectivity index is 2.89. The van der Waals surface area contributed by atoms with Crippen LogP contribution in [0.3, 0.4) is 0 Å². The number of sulfone groups is 1. The maximum absolute atomic E-state index is 12.4. The third kappa shape index (κ3) is 6.22. The highest BCUT2D eigenvalue weighted by Gasteiger charge is 2.24. The van der Waals surface area contributed by atoms with E-state index in [2.05, 4.69) is 0 Å². The van der Waals surface area contributed by atoms with Crippen LogP contribution in [-0.2, 0) is 14.6 Å². The fraction of sp³-hybridized carbons (Fsp3) is 0.588. The Morgan fingerprint density at radius 3 is 1.91 bits per heavy atom. The summed E-state index contributed by atoms with van der Waals surface area (Å²) in [5.41, 5.74) is 0. The van der Waals surface area contributed by atoms with Crippen LogP contribution in [0, 0.1) is 11.8 Å². The summed E-state index contributed by atoms with van der Waals surface area (Å²) in [5.74, 6) is 0.321. The molecule has 0 radical (unpaired) electrons. The Hall–Kier alpha value is -1.56. The van der Waals surface area contributed by atoms with E-state index in [1.807, 2.05) is 27.7 Å². The molecule has 0 aliphatic heterocycles. The number of benzene rings is 1. The zero-order valence-corrected chi connectivity index (χ0v) is 15.4. The molecule has 23 heavy (non-hydrogen) atoms. The average Bonchev–Trinajstić information content (AvgIpc) is 2.45. The Morgan fingerprint density at radius 2 is 1.52 bits per heavy atom. The van der Waals surface area contributed by atoms with Crippen molar-refractivity contribution >= 4 is 15.7 Å². The molecule has 1 aromatic rings. The molecule has 0 fully saturated rings. The first kappa shape index (κ1) is 19.5. The van der Waals surface area contributed by atoms with Crippen LogP contribution in [0.2, 0.25) is 0 Å². The summed E-state index contributed by atoms with van der Waals surface area (Å²) >= 11 is 0. The van der Waals surface area contributed by atoms with Gasteiger partial charge in [-0.2, -0.15) is 0 Å². The molecule has 130 valence electrons. The number of hydrogen-bond donors (Lipinski definition) is 0. The van der Waals surface area contributed by atoms with E-state index in [9.17, 15) is 13.2 Å². The minimum absolute atomic E-state index is 0.140. The van der Waals surface area contributed by atoms with Crippen molar-refractivity contribution in [1.82, 2.24) is 4.90 Å². The molecule has 0 aliphatic rings. The first-order valence-electron chi connectivity index (χ1n) is 7.80. The summed E-state index contributed by atoms with van der Waals surface area (Å²) in [5, 5.41) is 0. The van der Waals surface area contributed by atoms with E-state index in [1.165, 1.54) is 19.2 Å². The molecule has 1 aromatic carbocycles. The summed E-state index contributed by atoms with van der Waals surface area (Å²) in [6, 6.07) is 6.10. The normalized spacial score (nSPS) is 11.8. The van der Waals surface area contributed by atoms with Gasteiger partial charge in [0.1, 0.15) is 11.5 Å². The van der Waals surface area contributed by atoms with E-state index in [-0.39, 0.29) is 10.8 Å². The third-order valence-electron chi connectivity index (χ3n) is 3.26. The zero-order valence-electron chi connectivity index (χ0n) is 14.6. The standard InChI is InChI=1S/C17H27NO4S/c1-13(2)10-18(11-14(3)4)17(19)12-23(20,21)16-8-6-15(22-5)7-9-16/h6-9,13-14H,10-12H2,1-5H3. The van der Waals surface area contributed by atoms with Crippen LogP contribution in [0.1, 0.15) is 27.7 Å². The molecular formula is C17H27NO4S. The number of methoxy groups -OCH3 is 1. The highest BCUT2D eigenvalue weighted by Crippen LogP contribution is 2.17. The van der Waals surface area contributed by atoms with Crippen LogP contribution < -0.4 is 4.74 Å². The lowest BCUT2D eigenvalue weighted by Crippen LogP contribution is -2.40. The van der Waals surface area contributed by atoms with Crippen LogP contribution in [0.25, 0.3) is 0 Å². The van der Waals surface area contributed by atoms with Crippen LogP contribution >= 0.6 is 0 Å². The minimum atomic E-state index is -3.65. The largest absolute Gasteiger partial charge is 0.497 e. The lowest BCUT2D eigenvalue weighted by atomic mass is 10.1. The average molecular weight is 341 g/mol. The van der Waals surface area contributed by atoms with E-state index < -0.39 is 15.6 Å². The Morgan fingerprint density at radius 1 is 1.04 bits per heavy atom. The molecule has 5 nitrogen and oxygen atoms in total. The van der Waals surface area contributed by atoms with Gasteiger partial charge in [-0.25, -0.2) is 8.42 Å². The van der Waals surface area contributed by atoms with Crippen molar-refractivity contribution < 1.29 is 17.9 Å². The van der Waals surface area contributed by atoms with E-state index in [1.54, 1.807) is 17.0 Å². The minimum Gasteiger partial charge on any atom is -0.497 e. The fourth-order valence-corrected chi connectivity index (χ4v) is 3.51. The number of rotatable bonds is 8. The molecule has 0 spiro atoms. The van der Waals surface area contributed by atoms with Crippen LogP contribution in [-0.4, -0.2) is 45.2 Å². The van der Waals surface area contributed by atoms with Crippen molar-refractivity contribution in [2.24, 2.45) is 11.8 Å². The summed E-state index contributed by atoms with van der Waals surface area (Å²) in [7, 11) is -2.13. The van der Waals surface area contributed by atoms with E-state index >= 15 is 0 Å². The Bertz CT molecular complexity index is 596. The lowest BCUT2D eigenvalue weighted by Gasteiger charge is -2.26. The molecule has 1 amide bonds. The van der Waals surface area contributed by atoms with Crippen molar-refractivity contribution in [2.45, 2.75) is 32.6 Å². The van der Waals surface area contributed by atoms with Gasteiger partial charge in [0.15, 0.2) is 9.84 Å². The van der Waals surface area contributed by atoms with Gasteiger partial charge in [0.25, 0.3) is 0 Å². The molecule has 0 saturated heterocycles. The molecular weight excluding hydrogens is 314 g/mol. The summed E-state index contributed by atoms with van der Waals surface area (Å²) in [4.78, 5) is 14.2. The highest BCUT2D eigenvalue weighted by atomic mass is 32.2. The molecule has 1 rings (SSSR count). The number of nitrogens with zero attached hydrogens (tertiary/aromatic N) is 1. The Labute approximate surface area is 139 Å². The second-order valence-corrected chi connectivity index (χ2v) is 8.51. The van der Waals surface area contributed by atoms with Gasteiger partial charge in [0.05, 0.1) is 12.0 Å². The van der Waals surface area contributed by atoms with Crippen molar-refractivity contribution in [3.63, 3.8) is 0 Å². The topological polar surface area (TPSA) is 63.7 Å². The first-order valence-corrected chi connectivity index (χ1v) is 9.45. The van der Waals surface area contributed by atoms with Gasteiger partial charge in [0.2, 0.25) is 5.91 Å². The summed E-state index contributed by atoms with van der Waals surface area (Å²) in [6.45, 7) is 9.18. The van der Waals surface area contributed by atoms with Crippen LogP contribution in [0.5, 0.6) is 5.75 Å². The third-order valence-corrected chi connectivity index (χ3v) is 4.87. The molecule has 0 aliphatic carbocycles. The van der Waals surface area contributed by atoms with Crippen molar-refractivity contribution in [3.8, 4) is 5.75 Å². The highest BCUT2D eigenvalue weighted by molar-refractivity contribution is 7.92. The molecule has 0 atom stereocenters. The van der Waals surface area contributed by atoms with Gasteiger partial charge in [-0.3, -0.25) is 4.79 Å². The van der Waals surface area contributed by atoms with Crippen molar-refractivity contribution in [1.29, 1.82) is 0 Å². The van der Waals surface area contributed by atoms with Gasteiger partial charge < -0.3 is 9.64 Å². The summed E-state index contributed by atoms with van der Waals surface area (Å²) < 4.78 is 29.9. The van der Waals surface area contributed by atoms with Gasteiger partial charge in [-0.05, 0) is 36.1 Å². The second-order valence-electron chi connectivity index (χ2n) is 6.52. The van der Waals surface area contributed by atoms with Crippen LogP contribution in [0.4, 0.5) is 0 Å². The second kappa shape index (κ2) is 8.34. The van der Waals surface area contributed by atoms with E-state index in [4.69, 9.17) is 4.74 Å². The quantitative estimate of drug-likeness (QED) is 0.729. The smallest absolute Gasteiger partial charge is 0.238 e. The maximum Gasteiger partial charge on any atom is 0.238 e. The van der Waals surface area contributed by atoms with E-state index in [0.29, 0.717) is 30.7 Å². The molecule has 0 N–H and O–H groups in total. The summed E-state index contributed by atoms with van der Waals surface area (Å²) in [6.07, 6.45) is 0.